The lowest BCUT2D eigenvalue weighted by molar-refractivity contribution is -0.142. The average molecular weight is 494 g/mol. The van der Waals surface area contributed by atoms with Gasteiger partial charge in [0.25, 0.3) is 0 Å². The molecule has 2 aliphatic heterocycles. The topological polar surface area (TPSA) is 43.9 Å². The Balaban J connectivity index is 1.14. The molecule has 0 N–H and O–H groups in total. The van der Waals surface area contributed by atoms with Crippen LogP contribution in [-0.2, 0) is 16.0 Å². The van der Waals surface area contributed by atoms with Crippen molar-refractivity contribution in [2.45, 2.75) is 70.4 Å². The summed E-state index contributed by atoms with van der Waals surface area (Å²) in [6, 6.07) is 13.3. The molecule has 0 radical (unpaired) electrons. The minimum atomic E-state index is 0.101. The zero-order chi connectivity index (χ0) is 24.2. The molecular formula is C29H39N3O2S. The highest BCUT2D eigenvalue weighted by Gasteiger charge is 2.32. The molecule has 1 saturated heterocycles. The number of nitrogens with zero attached hydrogens (tertiary/aromatic N) is 3. The first kappa shape index (κ1) is 24.5. The Kier molecular flexibility index (Phi) is 7.88. The van der Waals surface area contributed by atoms with Gasteiger partial charge in [0.2, 0.25) is 11.8 Å². The lowest BCUT2D eigenvalue weighted by atomic mass is 9.93. The highest BCUT2D eigenvalue weighted by atomic mass is 32.1. The summed E-state index contributed by atoms with van der Waals surface area (Å²) in [4.78, 5) is 34.0. The van der Waals surface area contributed by atoms with Gasteiger partial charge >= 0.3 is 0 Å². The van der Waals surface area contributed by atoms with Crippen molar-refractivity contribution in [2.24, 2.45) is 5.92 Å². The summed E-state index contributed by atoms with van der Waals surface area (Å²) in [5.41, 5.74) is 2.70. The molecule has 3 heterocycles. The lowest BCUT2D eigenvalue weighted by Gasteiger charge is -2.41. The fourth-order valence-corrected chi connectivity index (χ4v) is 7.26. The Bertz CT molecular complexity index is 1000. The summed E-state index contributed by atoms with van der Waals surface area (Å²) >= 11 is 1.85. The Morgan fingerprint density at radius 1 is 0.971 bits per heavy atom. The van der Waals surface area contributed by atoms with Crippen molar-refractivity contribution in [1.29, 1.82) is 0 Å². The second kappa shape index (κ2) is 11.3. The van der Waals surface area contributed by atoms with Crippen LogP contribution in [0.25, 0.3) is 0 Å². The van der Waals surface area contributed by atoms with E-state index in [1.165, 1.54) is 41.7 Å². The normalized spacial score (nSPS) is 23.5. The third kappa shape index (κ3) is 5.64. The molecule has 35 heavy (non-hydrogen) atoms. The van der Waals surface area contributed by atoms with Crippen LogP contribution in [0.2, 0.25) is 0 Å². The number of fused-ring (bicyclic) bond motifs is 1. The van der Waals surface area contributed by atoms with E-state index in [0.29, 0.717) is 32.5 Å². The smallest absolute Gasteiger partial charge is 0.223 e. The first-order chi connectivity index (χ1) is 17.1. The second-order valence-electron chi connectivity index (χ2n) is 10.6. The number of amides is 2. The summed E-state index contributed by atoms with van der Waals surface area (Å²) in [5.74, 6) is 1.25. The molecule has 1 aromatic carbocycles. The van der Waals surface area contributed by atoms with E-state index in [0.717, 1.165) is 31.8 Å². The number of carbonyl (C=O) groups excluding carboxylic acids is 2. The maximum atomic E-state index is 13.2. The third-order valence-electron chi connectivity index (χ3n) is 8.34. The third-order valence-corrected chi connectivity index (χ3v) is 9.33. The maximum absolute atomic E-state index is 13.2. The SMILES string of the molecule is C[C@H]1CN(C(=O)CCN2CCc3sccc3[C@H]2c2ccccc2)CCN1C(=O)CCC1CCCC1. The average Bonchev–Trinajstić information content (AvgIpc) is 3.58. The van der Waals surface area contributed by atoms with Gasteiger partial charge in [-0.3, -0.25) is 14.5 Å². The van der Waals surface area contributed by atoms with Gasteiger partial charge in [-0.05, 0) is 48.3 Å². The number of hydrogen-bond donors (Lipinski definition) is 0. The van der Waals surface area contributed by atoms with Gasteiger partial charge in [0.15, 0.2) is 0 Å². The minimum Gasteiger partial charge on any atom is -0.339 e. The molecule has 0 spiro atoms. The van der Waals surface area contributed by atoms with Crippen LogP contribution in [-0.4, -0.2) is 65.3 Å². The number of piperazine rings is 1. The largest absolute Gasteiger partial charge is 0.339 e. The van der Waals surface area contributed by atoms with Crippen LogP contribution in [0.15, 0.2) is 41.8 Å². The van der Waals surface area contributed by atoms with E-state index in [4.69, 9.17) is 0 Å². The highest BCUT2D eigenvalue weighted by molar-refractivity contribution is 7.10. The van der Waals surface area contributed by atoms with Crippen molar-refractivity contribution in [3.8, 4) is 0 Å². The van der Waals surface area contributed by atoms with E-state index in [-0.39, 0.29) is 23.9 Å². The molecule has 2 amide bonds. The van der Waals surface area contributed by atoms with Crippen LogP contribution in [0.4, 0.5) is 0 Å². The zero-order valence-corrected chi connectivity index (χ0v) is 21.8. The van der Waals surface area contributed by atoms with Gasteiger partial charge in [-0.1, -0.05) is 56.0 Å². The van der Waals surface area contributed by atoms with Crippen molar-refractivity contribution in [1.82, 2.24) is 14.7 Å². The minimum absolute atomic E-state index is 0.101. The van der Waals surface area contributed by atoms with Gasteiger partial charge in [-0.15, -0.1) is 11.3 Å². The van der Waals surface area contributed by atoms with E-state index in [2.05, 4.69) is 53.6 Å². The van der Waals surface area contributed by atoms with Gasteiger partial charge in [-0.25, -0.2) is 0 Å². The summed E-state index contributed by atoms with van der Waals surface area (Å²) in [5, 5.41) is 2.20. The predicted molar refractivity (Wildman–Crippen MR) is 141 cm³/mol. The lowest BCUT2D eigenvalue weighted by Crippen LogP contribution is -2.55. The summed E-state index contributed by atoms with van der Waals surface area (Å²) in [6.45, 7) is 5.84. The van der Waals surface area contributed by atoms with Crippen molar-refractivity contribution in [3.05, 3.63) is 57.8 Å². The highest BCUT2D eigenvalue weighted by Crippen LogP contribution is 2.37. The van der Waals surface area contributed by atoms with Crippen molar-refractivity contribution >= 4 is 23.2 Å². The van der Waals surface area contributed by atoms with E-state index >= 15 is 0 Å². The molecule has 188 valence electrons. The van der Waals surface area contributed by atoms with Crippen LogP contribution in [0.1, 0.15) is 73.9 Å². The number of benzene rings is 1. The number of carbonyl (C=O) groups is 2. The summed E-state index contributed by atoms with van der Waals surface area (Å²) < 4.78 is 0. The van der Waals surface area contributed by atoms with Gasteiger partial charge in [0.1, 0.15) is 0 Å². The molecule has 6 heteroatoms. The summed E-state index contributed by atoms with van der Waals surface area (Å²) in [6.07, 6.45) is 8.54. The number of rotatable bonds is 7. The first-order valence-electron chi connectivity index (χ1n) is 13.5. The summed E-state index contributed by atoms with van der Waals surface area (Å²) in [7, 11) is 0. The zero-order valence-electron chi connectivity index (χ0n) is 21.0. The number of thiophene rings is 1. The van der Waals surface area contributed by atoms with Crippen LogP contribution in [0, 0.1) is 5.92 Å². The number of hydrogen-bond acceptors (Lipinski definition) is 4. The standard InChI is InChI=1S/C29H39N3O2S/c1-22-21-31(18-19-32(22)28(34)12-11-23-7-5-6-8-23)27(33)14-17-30-16-13-26-25(15-20-35-26)29(30)24-9-3-2-4-10-24/h2-4,9-10,15,20,22-23,29H,5-8,11-14,16-19,21H2,1H3/t22-,29+/m0/s1. The van der Waals surface area contributed by atoms with Gasteiger partial charge in [0.05, 0.1) is 6.04 Å². The van der Waals surface area contributed by atoms with Crippen LogP contribution >= 0.6 is 11.3 Å². The molecule has 2 aromatic rings. The van der Waals surface area contributed by atoms with Gasteiger partial charge in [-0.2, -0.15) is 0 Å². The fourth-order valence-electron chi connectivity index (χ4n) is 6.36. The molecule has 3 aliphatic rings. The van der Waals surface area contributed by atoms with E-state index in [1.54, 1.807) is 0 Å². The Morgan fingerprint density at radius 2 is 1.77 bits per heavy atom. The van der Waals surface area contributed by atoms with Crippen molar-refractivity contribution < 1.29 is 9.59 Å². The monoisotopic (exact) mass is 493 g/mol. The van der Waals surface area contributed by atoms with E-state index in [9.17, 15) is 9.59 Å². The molecular weight excluding hydrogens is 454 g/mol. The van der Waals surface area contributed by atoms with Crippen LogP contribution < -0.4 is 0 Å². The van der Waals surface area contributed by atoms with Gasteiger partial charge < -0.3 is 9.80 Å². The van der Waals surface area contributed by atoms with E-state index < -0.39 is 0 Å². The second-order valence-corrected chi connectivity index (χ2v) is 11.6. The fraction of sp³-hybridized carbons (Fsp3) is 0.586. The Morgan fingerprint density at radius 3 is 2.54 bits per heavy atom. The Labute approximate surface area is 214 Å². The molecule has 2 fully saturated rings. The van der Waals surface area contributed by atoms with Crippen LogP contribution in [0.3, 0.4) is 0 Å². The molecule has 2 atom stereocenters. The molecule has 5 rings (SSSR count). The quantitative estimate of drug-likeness (QED) is 0.538. The maximum Gasteiger partial charge on any atom is 0.223 e. The Hall–Kier alpha value is -2.18. The van der Waals surface area contributed by atoms with Crippen molar-refractivity contribution in [2.75, 3.05) is 32.7 Å². The molecule has 0 unspecified atom stereocenters. The van der Waals surface area contributed by atoms with E-state index in [1.807, 2.05) is 21.1 Å². The molecule has 0 bridgehead atoms. The molecule has 5 nitrogen and oxygen atoms in total. The van der Waals surface area contributed by atoms with Crippen molar-refractivity contribution in [3.63, 3.8) is 0 Å². The van der Waals surface area contributed by atoms with Gasteiger partial charge in [0, 0.05) is 56.5 Å². The predicted octanol–water partition coefficient (Wildman–Crippen LogP) is 5.12. The molecule has 1 aromatic heterocycles. The molecule has 1 aliphatic carbocycles. The first-order valence-corrected chi connectivity index (χ1v) is 14.4. The van der Waals surface area contributed by atoms with Crippen LogP contribution in [0.5, 0.6) is 0 Å². The molecule has 1 saturated carbocycles.